The highest BCUT2D eigenvalue weighted by Gasteiger charge is 2.30. The Morgan fingerprint density at radius 2 is 1.88 bits per heavy atom. The summed E-state index contributed by atoms with van der Waals surface area (Å²) in [6, 6.07) is 10.8. The number of likely N-dealkylation sites (tertiary alicyclic amines) is 2. The maximum absolute atomic E-state index is 13.1. The van der Waals surface area contributed by atoms with Crippen molar-refractivity contribution in [1.82, 2.24) is 24.3 Å². The third-order valence-electron chi connectivity index (χ3n) is 9.76. The predicted molar refractivity (Wildman–Crippen MR) is 189 cm³/mol. The van der Waals surface area contributed by atoms with Gasteiger partial charge in [-0.25, -0.2) is 0 Å². The monoisotopic (exact) mass is 719 g/mol. The number of aromatic nitrogens is 3. The maximum Gasteiger partial charge on any atom is 0.393 e. The number of halogens is 3. The molecule has 2 aliphatic rings. The highest BCUT2D eigenvalue weighted by Crippen LogP contribution is 2.35. The van der Waals surface area contributed by atoms with Crippen molar-refractivity contribution in [2.75, 3.05) is 38.6 Å². The highest BCUT2D eigenvalue weighted by atomic mass is 32.7. The van der Waals surface area contributed by atoms with E-state index in [1.165, 1.54) is 24.3 Å². The first-order valence-electron chi connectivity index (χ1n) is 16.2. The number of nitrogens with one attached hydrogen (secondary N) is 1. The smallest absolute Gasteiger partial charge is 0.393 e. The highest BCUT2D eigenvalue weighted by molar-refractivity contribution is 8.33. The van der Waals surface area contributed by atoms with E-state index in [1.54, 1.807) is 0 Å². The van der Waals surface area contributed by atoms with Gasteiger partial charge in [0.2, 0.25) is 0 Å². The molecular weight excluding hydrogens is 679 g/mol. The van der Waals surface area contributed by atoms with E-state index in [-0.39, 0.29) is 28.2 Å². The lowest BCUT2D eigenvalue weighted by Gasteiger charge is -2.35. The third-order valence-corrected chi connectivity index (χ3v) is 13.1. The minimum absolute atomic E-state index is 0.113. The van der Waals surface area contributed by atoms with Gasteiger partial charge in [0, 0.05) is 69.7 Å². The summed E-state index contributed by atoms with van der Waals surface area (Å²) < 4.78 is 58.5. The van der Waals surface area contributed by atoms with Crippen molar-refractivity contribution in [2.45, 2.75) is 82.6 Å². The molecule has 2 fully saturated rings. The van der Waals surface area contributed by atoms with Crippen LogP contribution in [-0.2, 0) is 29.9 Å². The number of aryl methyl sites for hydroxylation is 1. The van der Waals surface area contributed by atoms with Gasteiger partial charge in [0.25, 0.3) is 0 Å². The number of anilines is 1. The molecule has 0 amide bonds. The van der Waals surface area contributed by atoms with Crippen molar-refractivity contribution >= 4 is 57.1 Å². The van der Waals surface area contributed by atoms with E-state index < -0.39 is 23.0 Å². The fourth-order valence-corrected chi connectivity index (χ4v) is 9.56. The Balaban J connectivity index is 1.10. The second-order valence-electron chi connectivity index (χ2n) is 12.9. The summed E-state index contributed by atoms with van der Waals surface area (Å²) in [5, 5.41) is 15.4. The number of benzene rings is 1. The topological polar surface area (TPSA) is 99.3 Å². The van der Waals surface area contributed by atoms with E-state index in [0.717, 1.165) is 87.2 Å². The van der Waals surface area contributed by atoms with Gasteiger partial charge in [0.15, 0.2) is 0 Å². The van der Waals surface area contributed by atoms with Gasteiger partial charge in [-0.15, -0.1) is 11.3 Å². The Morgan fingerprint density at radius 3 is 2.52 bits per heavy atom. The number of nitriles is 1. The molecule has 0 spiro atoms. The molecule has 0 bridgehead atoms. The summed E-state index contributed by atoms with van der Waals surface area (Å²) in [7, 11) is 3.03. The SMILES string of the molecule is COc1nc(NC2CCN(Cc3ccc4c(cc(C#N)n4C[C@H](C)N4CCC(S(=O)P)CC4)c3C)CC2)c2cc(CC(F)(F)F)sc2n1. The van der Waals surface area contributed by atoms with Crippen LogP contribution in [0.15, 0.2) is 24.3 Å². The summed E-state index contributed by atoms with van der Waals surface area (Å²) in [5.74, 6) is 0.509. The Bertz CT molecular complexity index is 1840. The number of nitrogens with zero attached hydrogens (tertiary/aromatic N) is 6. The molecule has 1 aromatic carbocycles. The molecule has 4 aromatic rings. The molecule has 3 atom stereocenters. The number of ether oxygens (including phenoxy) is 1. The molecule has 258 valence electrons. The van der Waals surface area contributed by atoms with E-state index in [2.05, 4.69) is 70.1 Å². The molecule has 0 radical (unpaired) electrons. The minimum Gasteiger partial charge on any atom is -0.467 e. The van der Waals surface area contributed by atoms with Crippen molar-refractivity contribution in [3.8, 4) is 12.1 Å². The molecule has 2 saturated heterocycles. The van der Waals surface area contributed by atoms with Crippen molar-refractivity contribution < 1.29 is 22.1 Å². The average molecular weight is 720 g/mol. The van der Waals surface area contributed by atoms with Crippen LogP contribution in [-0.4, -0.2) is 85.3 Å². The number of hydrogen-bond donors (Lipinski definition) is 1. The fourth-order valence-electron chi connectivity index (χ4n) is 7.02. The molecule has 0 aliphatic carbocycles. The first kappa shape index (κ1) is 35.0. The van der Waals surface area contributed by atoms with Crippen LogP contribution in [0, 0.1) is 18.3 Å². The third kappa shape index (κ3) is 7.81. The molecule has 1 N–H and O–H groups in total. The molecule has 2 unspecified atom stereocenters. The van der Waals surface area contributed by atoms with E-state index >= 15 is 0 Å². The normalized spacial score (nSPS) is 18.7. The van der Waals surface area contributed by atoms with Gasteiger partial charge in [-0.2, -0.15) is 28.4 Å². The van der Waals surface area contributed by atoms with Crippen LogP contribution in [0.3, 0.4) is 0 Å². The standard InChI is InChI=1S/C33H41F3N7O2PS2/c1-20(42-12-8-26(9-13-42)48(44)46)18-43-24(17-37)14-27-21(2)22(4-5-29(27)43)19-41-10-6-23(7-11-41)38-30-28-15-25(16-33(34,35)36)47-31(28)40-32(39-30)45-3/h4-5,14-15,20,23,26H,6-13,16,18-19,46H2,1-3H3,(H,38,39,40)/t20-,48?/m0/s1. The molecule has 6 rings (SSSR count). The summed E-state index contributed by atoms with van der Waals surface area (Å²) in [6.45, 7) is 9.39. The van der Waals surface area contributed by atoms with E-state index in [9.17, 15) is 22.6 Å². The van der Waals surface area contributed by atoms with Gasteiger partial charge in [0.05, 0.1) is 18.9 Å². The van der Waals surface area contributed by atoms with Crippen LogP contribution in [0.1, 0.15) is 54.3 Å². The average Bonchev–Trinajstić information content (AvgIpc) is 3.63. The second-order valence-corrected chi connectivity index (χ2v) is 16.8. The number of alkyl halides is 3. The number of fused-ring (bicyclic) bond motifs is 2. The number of rotatable bonds is 10. The molecule has 3 aromatic heterocycles. The zero-order valence-electron chi connectivity index (χ0n) is 27.3. The van der Waals surface area contributed by atoms with Crippen LogP contribution in [0.5, 0.6) is 6.01 Å². The Morgan fingerprint density at radius 1 is 1.15 bits per heavy atom. The lowest BCUT2D eigenvalue weighted by atomic mass is 10.0. The van der Waals surface area contributed by atoms with Crippen molar-refractivity contribution in [2.24, 2.45) is 0 Å². The lowest BCUT2D eigenvalue weighted by molar-refractivity contribution is -0.126. The minimum atomic E-state index is -4.29. The molecular formula is C33H41F3N7O2PS2. The van der Waals surface area contributed by atoms with E-state index in [0.29, 0.717) is 21.7 Å². The van der Waals surface area contributed by atoms with Crippen molar-refractivity contribution in [3.05, 3.63) is 46.0 Å². The van der Waals surface area contributed by atoms with E-state index in [4.69, 9.17) is 4.74 Å². The number of hydrogen-bond acceptors (Lipinski definition) is 9. The van der Waals surface area contributed by atoms with Gasteiger partial charge in [-0.05, 0) is 90.4 Å². The van der Waals surface area contributed by atoms with Gasteiger partial charge < -0.3 is 14.6 Å². The van der Waals surface area contributed by atoms with Crippen LogP contribution >= 0.6 is 19.8 Å². The van der Waals surface area contributed by atoms with Gasteiger partial charge in [0.1, 0.15) is 22.4 Å². The molecule has 15 heteroatoms. The van der Waals surface area contributed by atoms with Crippen molar-refractivity contribution in [3.63, 3.8) is 0 Å². The Labute approximate surface area is 287 Å². The predicted octanol–water partition coefficient (Wildman–Crippen LogP) is 6.41. The van der Waals surface area contributed by atoms with E-state index in [1.807, 2.05) is 6.07 Å². The summed E-state index contributed by atoms with van der Waals surface area (Å²) in [5.41, 5.74) is 4.15. The molecule has 0 saturated carbocycles. The molecule has 48 heavy (non-hydrogen) atoms. The Kier molecular flexibility index (Phi) is 10.6. The van der Waals surface area contributed by atoms with Crippen LogP contribution in [0.4, 0.5) is 19.0 Å². The fraction of sp³-hybridized carbons (Fsp3) is 0.545. The Hall–Kier alpha value is -2.82. The summed E-state index contributed by atoms with van der Waals surface area (Å²) in [4.78, 5) is 14.3. The lowest BCUT2D eigenvalue weighted by Crippen LogP contribution is -2.43. The van der Waals surface area contributed by atoms with Crippen molar-refractivity contribution in [1.29, 1.82) is 5.26 Å². The first-order chi connectivity index (χ1) is 22.9. The van der Waals surface area contributed by atoms with Gasteiger partial charge in [-0.3, -0.25) is 14.0 Å². The largest absolute Gasteiger partial charge is 0.467 e. The number of thiophene rings is 1. The molecule has 5 heterocycles. The van der Waals surface area contributed by atoms with Crippen LogP contribution < -0.4 is 10.1 Å². The quantitative estimate of drug-likeness (QED) is 0.188. The molecule has 2 aliphatic heterocycles. The van der Waals surface area contributed by atoms with Gasteiger partial charge in [-0.1, -0.05) is 6.07 Å². The number of methoxy groups -OCH3 is 1. The summed E-state index contributed by atoms with van der Waals surface area (Å²) in [6.07, 6.45) is -1.74. The summed E-state index contributed by atoms with van der Waals surface area (Å²) >= 11 is 1.02. The zero-order valence-corrected chi connectivity index (χ0v) is 30.1. The second kappa shape index (κ2) is 14.6. The van der Waals surface area contributed by atoms with Crippen LogP contribution in [0.2, 0.25) is 0 Å². The van der Waals surface area contributed by atoms with Gasteiger partial charge >= 0.3 is 12.2 Å². The molecule has 9 nitrogen and oxygen atoms in total. The van der Waals surface area contributed by atoms with Crippen LogP contribution in [0.25, 0.3) is 21.1 Å². The first-order valence-corrected chi connectivity index (χ1v) is 19.7. The zero-order chi connectivity index (χ0) is 34.2. The number of piperidine rings is 2. The maximum atomic E-state index is 13.1.